The molecule has 4 rings (SSSR count). The number of benzene rings is 3. The Kier molecular flexibility index (Phi) is 8.76. The van der Waals surface area contributed by atoms with E-state index in [0.29, 0.717) is 17.9 Å². The van der Waals surface area contributed by atoms with Gasteiger partial charge in [-0.1, -0.05) is 55.7 Å². The summed E-state index contributed by atoms with van der Waals surface area (Å²) in [5.41, 5.74) is 3.27. The molecule has 6 heteroatoms. The summed E-state index contributed by atoms with van der Waals surface area (Å²) in [5, 5.41) is 9.11. The second-order valence-electron chi connectivity index (χ2n) is 8.90. The van der Waals surface area contributed by atoms with Crippen molar-refractivity contribution in [2.45, 2.75) is 44.6 Å². The Bertz CT molecular complexity index is 1090. The highest BCUT2D eigenvalue weighted by Crippen LogP contribution is 2.19. The first-order valence-electron chi connectivity index (χ1n) is 12.4. The van der Waals surface area contributed by atoms with Crippen LogP contribution in [0.5, 0.6) is 5.75 Å². The molecule has 0 aliphatic heterocycles. The van der Waals surface area contributed by atoms with Crippen LogP contribution in [0.2, 0.25) is 0 Å². The third-order valence-corrected chi connectivity index (χ3v) is 6.16. The highest BCUT2D eigenvalue weighted by atomic mass is 16.5. The molecule has 3 aromatic carbocycles. The van der Waals surface area contributed by atoms with Crippen LogP contribution in [0.25, 0.3) is 0 Å². The summed E-state index contributed by atoms with van der Waals surface area (Å²) in [6.07, 6.45) is 6.53. The molecule has 1 saturated carbocycles. The second-order valence-corrected chi connectivity index (χ2v) is 8.90. The highest BCUT2D eigenvalue weighted by molar-refractivity contribution is 5.96. The largest absolute Gasteiger partial charge is 0.493 e. The van der Waals surface area contributed by atoms with Crippen LogP contribution in [0.3, 0.4) is 0 Å². The maximum absolute atomic E-state index is 12.6. The van der Waals surface area contributed by atoms with Crippen molar-refractivity contribution in [1.82, 2.24) is 5.32 Å². The molecule has 35 heavy (non-hydrogen) atoms. The molecule has 0 aromatic heterocycles. The number of hydrogen-bond acceptors (Lipinski definition) is 4. The van der Waals surface area contributed by atoms with Gasteiger partial charge in [0.05, 0.1) is 13.2 Å². The molecule has 3 N–H and O–H groups in total. The number of rotatable bonds is 10. The van der Waals surface area contributed by atoms with Gasteiger partial charge in [0, 0.05) is 29.4 Å². The summed E-state index contributed by atoms with van der Waals surface area (Å²) in [4.78, 5) is 25.0. The number of nitrogens with one attached hydrogen (secondary N) is 3. The van der Waals surface area contributed by atoms with E-state index >= 15 is 0 Å². The van der Waals surface area contributed by atoms with E-state index in [-0.39, 0.29) is 24.4 Å². The fraction of sp³-hybridized carbons (Fsp3) is 0.310. The molecule has 0 spiro atoms. The van der Waals surface area contributed by atoms with Crippen molar-refractivity contribution in [3.05, 3.63) is 90.0 Å². The zero-order valence-electron chi connectivity index (χ0n) is 20.0. The highest BCUT2D eigenvalue weighted by Gasteiger charge is 2.16. The molecule has 1 fully saturated rings. The molecule has 0 radical (unpaired) electrons. The van der Waals surface area contributed by atoms with Crippen LogP contribution >= 0.6 is 0 Å². The predicted molar refractivity (Wildman–Crippen MR) is 140 cm³/mol. The van der Waals surface area contributed by atoms with Gasteiger partial charge in [0.15, 0.2) is 0 Å². The Balaban J connectivity index is 1.20. The topological polar surface area (TPSA) is 79.5 Å². The van der Waals surface area contributed by atoms with Crippen LogP contribution in [0.15, 0.2) is 78.9 Å². The van der Waals surface area contributed by atoms with Crippen LogP contribution < -0.4 is 20.7 Å². The Morgan fingerprint density at radius 1 is 0.829 bits per heavy atom. The van der Waals surface area contributed by atoms with E-state index in [0.717, 1.165) is 30.7 Å². The minimum absolute atomic E-state index is 0.0592. The number of carbonyl (C=O) groups excluding carboxylic acids is 2. The predicted octanol–water partition coefficient (Wildman–Crippen LogP) is 5.42. The van der Waals surface area contributed by atoms with Crippen molar-refractivity contribution >= 4 is 23.2 Å². The van der Waals surface area contributed by atoms with Gasteiger partial charge in [-0.15, -0.1) is 0 Å². The van der Waals surface area contributed by atoms with Crippen molar-refractivity contribution in [3.8, 4) is 5.75 Å². The molecule has 182 valence electrons. The average molecular weight is 472 g/mol. The van der Waals surface area contributed by atoms with Crippen molar-refractivity contribution in [1.29, 1.82) is 0 Å². The zero-order chi connectivity index (χ0) is 24.3. The number of ether oxygens (including phenoxy) is 1. The van der Waals surface area contributed by atoms with Crippen LogP contribution in [-0.2, 0) is 11.2 Å². The average Bonchev–Trinajstić information content (AvgIpc) is 2.90. The molecular formula is C29H33N3O3. The van der Waals surface area contributed by atoms with E-state index in [1.165, 1.54) is 24.8 Å². The maximum Gasteiger partial charge on any atom is 0.251 e. The molecule has 0 heterocycles. The first kappa shape index (κ1) is 24.3. The first-order chi connectivity index (χ1) is 17.2. The lowest BCUT2D eigenvalue weighted by Gasteiger charge is -2.22. The Hall–Kier alpha value is -3.80. The normalized spacial score (nSPS) is 13.6. The van der Waals surface area contributed by atoms with E-state index in [1.807, 2.05) is 54.6 Å². The third-order valence-electron chi connectivity index (χ3n) is 6.16. The maximum atomic E-state index is 12.6. The lowest BCUT2D eigenvalue weighted by molar-refractivity contribution is -0.114. The van der Waals surface area contributed by atoms with Crippen LogP contribution in [0.1, 0.15) is 48.0 Å². The Morgan fingerprint density at radius 2 is 1.60 bits per heavy atom. The molecule has 3 aromatic rings. The zero-order valence-corrected chi connectivity index (χ0v) is 20.0. The van der Waals surface area contributed by atoms with E-state index in [1.54, 1.807) is 12.1 Å². The summed E-state index contributed by atoms with van der Waals surface area (Å²) < 4.78 is 5.80. The van der Waals surface area contributed by atoms with E-state index < -0.39 is 0 Å². The van der Waals surface area contributed by atoms with Crippen LogP contribution in [0, 0.1) is 0 Å². The van der Waals surface area contributed by atoms with E-state index in [4.69, 9.17) is 4.74 Å². The summed E-state index contributed by atoms with van der Waals surface area (Å²) in [6.45, 7) is 0.695. The van der Waals surface area contributed by atoms with Gasteiger partial charge in [-0.05, 0) is 60.9 Å². The van der Waals surface area contributed by atoms with Crippen LogP contribution in [0.4, 0.5) is 11.4 Å². The van der Waals surface area contributed by atoms with Gasteiger partial charge in [0.2, 0.25) is 5.91 Å². The molecular weight excluding hydrogens is 438 g/mol. The summed E-state index contributed by atoms with van der Waals surface area (Å²) >= 11 is 0. The number of anilines is 2. The molecule has 0 saturated heterocycles. The Morgan fingerprint density at radius 3 is 2.37 bits per heavy atom. The molecule has 0 unspecified atom stereocenters. The number of hydrogen-bond donors (Lipinski definition) is 3. The molecule has 1 aliphatic carbocycles. The molecule has 0 atom stereocenters. The summed E-state index contributed by atoms with van der Waals surface area (Å²) in [5.74, 6) is 0.538. The van der Waals surface area contributed by atoms with Gasteiger partial charge < -0.3 is 20.7 Å². The number of carbonyl (C=O) groups is 2. The monoisotopic (exact) mass is 471 g/mol. The summed E-state index contributed by atoms with van der Waals surface area (Å²) in [6, 6.07) is 25.1. The van der Waals surface area contributed by atoms with E-state index in [9.17, 15) is 9.59 Å². The van der Waals surface area contributed by atoms with Crippen molar-refractivity contribution in [2.24, 2.45) is 0 Å². The van der Waals surface area contributed by atoms with Gasteiger partial charge in [-0.3, -0.25) is 9.59 Å². The molecule has 0 bridgehead atoms. The Labute approximate surface area is 207 Å². The lowest BCUT2D eigenvalue weighted by atomic mass is 9.95. The van der Waals surface area contributed by atoms with Crippen molar-refractivity contribution in [3.63, 3.8) is 0 Å². The SMILES string of the molecule is O=C(CNc1cccc(C(=O)NC2CCCCC2)c1)Nc1ccc(OCCc2ccccc2)cc1. The third kappa shape index (κ3) is 7.88. The molecule has 1 aliphatic rings. The van der Waals surface area contributed by atoms with Gasteiger partial charge in [-0.2, -0.15) is 0 Å². The fourth-order valence-electron chi connectivity index (χ4n) is 4.24. The minimum atomic E-state index is -0.167. The minimum Gasteiger partial charge on any atom is -0.493 e. The summed E-state index contributed by atoms with van der Waals surface area (Å²) in [7, 11) is 0. The van der Waals surface area contributed by atoms with E-state index in [2.05, 4.69) is 28.1 Å². The second kappa shape index (κ2) is 12.6. The molecule has 2 amide bonds. The standard InChI is InChI=1S/C29H33N3O3/c33-28(31-25-14-16-27(17-15-25)35-19-18-22-8-3-1-4-9-22)21-30-26-13-7-10-23(20-26)29(34)32-24-11-5-2-6-12-24/h1,3-4,7-10,13-17,20,24,30H,2,5-6,11-12,18-19,21H2,(H,31,33)(H,32,34). The van der Waals surface area contributed by atoms with Gasteiger partial charge in [-0.25, -0.2) is 0 Å². The quantitative estimate of drug-likeness (QED) is 0.369. The van der Waals surface area contributed by atoms with Crippen LogP contribution in [-0.4, -0.2) is 31.0 Å². The van der Waals surface area contributed by atoms with Gasteiger partial charge in [0.1, 0.15) is 5.75 Å². The van der Waals surface area contributed by atoms with Gasteiger partial charge in [0.25, 0.3) is 5.91 Å². The lowest BCUT2D eigenvalue weighted by Crippen LogP contribution is -2.36. The van der Waals surface area contributed by atoms with Gasteiger partial charge >= 0.3 is 0 Å². The van der Waals surface area contributed by atoms with Crippen molar-refractivity contribution in [2.75, 3.05) is 23.8 Å². The molecule has 6 nitrogen and oxygen atoms in total. The fourth-order valence-corrected chi connectivity index (χ4v) is 4.24. The smallest absolute Gasteiger partial charge is 0.251 e. The first-order valence-corrected chi connectivity index (χ1v) is 12.4. The number of amides is 2. The van der Waals surface area contributed by atoms with Crippen molar-refractivity contribution < 1.29 is 14.3 Å².